The van der Waals surface area contributed by atoms with Crippen LogP contribution in [0.3, 0.4) is 0 Å². The molecule has 17 heavy (non-hydrogen) atoms. The number of nitrogens with one attached hydrogen (secondary N) is 1. The van der Waals surface area contributed by atoms with E-state index < -0.39 is 5.82 Å². The molecule has 1 aliphatic heterocycles. The van der Waals surface area contributed by atoms with E-state index in [-0.39, 0.29) is 5.91 Å². The summed E-state index contributed by atoms with van der Waals surface area (Å²) < 4.78 is 18.8. The van der Waals surface area contributed by atoms with Gasteiger partial charge in [0.05, 0.1) is 12.2 Å². The minimum Gasteiger partial charge on any atom is -0.381 e. The highest BCUT2D eigenvalue weighted by Gasteiger charge is 2.17. The fourth-order valence-corrected chi connectivity index (χ4v) is 2.17. The molecule has 1 fully saturated rings. The average molecular weight is 302 g/mol. The Bertz CT molecular complexity index is 419. The maximum absolute atomic E-state index is 13.0. The van der Waals surface area contributed by atoms with Gasteiger partial charge in [-0.1, -0.05) is 0 Å². The molecule has 0 aromatic heterocycles. The highest BCUT2D eigenvalue weighted by molar-refractivity contribution is 9.10. The van der Waals surface area contributed by atoms with Crippen molar-refractivity contribution in [1.29, 1.82) is 0 Å². The highest BCUT2D eigenvalue weighted by atomic mass is 79.9. The first-order valence-corrected chi connectivity index (χ1v) is 6.27. The molecule has 2 rings (SSSR count). The summed E-state index contributed by atoms with van der Waals surface area (Å²) in [5.41, 5.74) is 0.323. The van der Waals surface area contributed by atoms with E-state index in [1.54, 1.807) is 0 Å². The van der Waals surface area contributed by atoms with E-state index in [0.717, 1.165) is 13.0 Å². The van der Waals surface area contributed by atoms with Gasteiger partial charge in [-0.25, -0.2) is 4.39 Å². The van der Waals surface area contributed by atoms with Crippen LogP contribution in [0.5, 0.6) is 0 Å². The molecule has 0 saturated carbocycles. The van der Waals surface area contributed by atoms with Crippen LogP contribution in [0.15, 0.2) is 22.7 Å². The Hall–Kier alpha value is -0.940. The lowest BCUT2D eigenvalue weighted by Gasteiger charge is -2.10. The van der Waals surface area contributed by atoms with Crippen molar-refractivity contribution >= 4 is 21.8 Å². The molecule has 1 N–H and O–H groups in total. The standard InChI is InChI=1S/C12H13BrFNO2/c13-11-2-1-9(14)5-10(11)12(16)15-6-8-3-4-17-7-8/h1-2,5,8H,3-4,6-7H2,(H,15,16). The van der Waals surface area contributed by atoms with Crippen molar-refractivity contribution in [3.8, 4) is 0 Å². The van der Waals surface area contributed by atoms with Crippen LogP contribution in [0.25, 0.3) is 0 Å². The van der Waals surface area contributed by atoms with Crippen molar-refractivity contribution in [1.82, 2.24) is 5.32 Å². The van der Waals surface area contributed by atoms with E-state index in [2.05, 4.69) is 21.2 Å². The molecule has 1 aromatic rings. The molecular formula is C12H13BrFNO2. The molecule has 5 heteroatoms. The van der Waals surface area contributed by atoms with Gasteiger partial charge in [0.15, 0.2) is 0 Å². The third-order valence-electron chi connectivity index (χ3n) is 2.75. The first-order chi connectivity index (χ1) is 8.16. The maximum atomic E-state index is 13.0. The molecule has 0 radical (unpaired) electrons. The molecule has 1 heterocycles. The number of halogens is 2. The van der Waals surface area contributed by atoms with E-state index in [1.165, 1.54) is 18.2 Å². The second kappa shape index (κ2) is 5.60. The molecule has 1 unspecified atom stereocenters. The van der Waals surface area contributed by atoms with Crippen LogP contribution in [0.1, 0.15) is 16.8 Å². The largest absolute Gasteiger partial charge is 0.381 e. The summed E-state index contributed by atoms with van der Waals surface area (Å²) in [7, 11) is 0. The Labute approximate surface area is 107 Å². The predicted octanol–water partition coefficient (Wildman–Crippen LogP) is 2.35. The third-order valence-corrected chi connectivity index (χ3v) is 3.44. The Morgan fingerprint density at radius 2 is 2.41 bits per heavy atom. The molecule has 0 bridgehead atoms. The number of carbonyl (C=O) groups is 1. The van der Waals surface area contributed by atoms with Crippen LogP contribution in [-0.2, 0) is 4.74 Å². The number of hydrogen-bond acceptors (Lipinski definition) is 2. The van der Waals surface area contributed by atoms with Gasteiger partial charge in [-0.2, -0.15) is 0 Å². The Morgan fingerprint density at radius 1 is 1.59 bits per heavy atom. The van der Waals surface area contributed by atoms with Gasteiger partial charge < -0.3 is 10.1 Å². The number of rotatable bonds is 3. The van der Waals surface area contributed by atoms with Crippen LogP contribution in [0.4, 0.5) is 4.39 Å². The van der Waals surface area contributed by atoms with Gasteiger partial charge in [0.1, 0.15) is 5.82 Å². The number of carbonyl (C=O) groups excluding carboxylic acids is 1. The minimum atomic E-state index is -0.414. The van der Waals surface area contributed by atoms with Gasteiger partial charge >= 0.3 is 0 Å². The maximum Gasteiger partial charge on any atom is 0.252 e. The summed E-state index contributed by atoms with van der Waals surface area (Å²) in [6.07, 6.45) is 0.963. The lowest BCUT2D eigenvalue weighted by atomic mass is 10.1. The summed E-state index contributed by atoms with van der Waals surface area (Å²) in [5, 5.41) is 2.79. The highest BCUT2D eigenvalue weighted by Crippen LogP contribution is 2.18. The lowest BCUT2D eigenvalue weighted by Crippen LogP contribution is -2.29. The van der Waals surface area contributed by atoms with Crippen LogP contribution in [0, 0.1) is 11.7 Å². The van der Waals surface area contributed by atoms with Gasteiger partial charge in [0.25, 0.3) is 5.91 Å². The summed E-state index contributed by atoms with van der Waals surface area (Å²) in [5.74, 6) is -0.308. The van der Waals surface area contributed by atoms with Crippen LogP contribution in [-0.4, -0.2) is 25.7 Å². The fraction of sp³-hybridized carbons (Fsp3) is 0.417. The molecule has 3 nitrogen and oxygen atoms in total. The van der Waals surface area contributed by atoms with Crippen molar-refractivity contribution in [3.63, 3.8) is 0 Å². The zero-order valence-corrected chi connectivity index (χ0v) is 10.8. The molecule has 1 aliphatic rings. The van der Waals surface area contributed by atoms with Crippen LogP contribution < -0.4 is 5.32 Å². The summed E-state index contributed by atoms with van der Waals surface area (Å²) in [6.45, 7) is 2.01. The van der Waals surface area contributed by atoms with Crippen LogP contribution in [0.2, 0.25) is 0 Å². The van der Waals surface area contributed by atoms with Crippen molar-refractivity contribution in [2.45, 2.75) is 6.42 Å². The Kier molecular flexibility index (Phi) is 4.12. The van der Waals surface area contributed by atoms with Crippen molar-refractivity contribution in [2.75, 3.05) is 19.8 Å². The fourth-order valence-electron chi connectivity index (χ4n) is 1.75. The predicted molar refractivity (Wildman–Crippen MR) is 65.4 cm³/mol. The first kappa shape index (κ1) is 12.5. The van der Waals surface area contributed by atoms with E-state index in [1.807, 2.05) is 0 Å². The third kappa shape index (κ3) is 3.26. The van der Waals surface area contributed by atoms with E-state index in [4.69, 9.17) is 4.74 Å². The monoisotopic (exact) mass is 301 g/mol. The van der Waals surface area contributed by atoms with Gasteiger partial charge in [-0.15, -0.1) is 0 Å². The van der Waals surface area contributed by atoms with Gasteiger partial charge in [-0.05, 0) is 40.5 Å². The smallest absolute Gasteiger partial charge is 0.252 e. The van der Waals surface area contributed by atoms with Crippen LogP contribution >= 0.6 is 15.9 Å². The van der Waals surface area contributed by atoms with E-state index in [0.29, 0.717) is 29.1 Å². The molecule has 1 aromatic carbocycles. The van der Waals surface area contributed by atoms with E-state index in [9.17, 15) is 9.18 Å². The first-order valence-electron chi connectivity index (χ1n) is 5.48. The summed E-state index contributed by atoms with van der Waals surface area (Å²) >= 11 is 3.23. The number of amides is 1. The average Bonchev–Trinajstić information content (AvgIpc) is 2.82. The lowest BCUT2D eigenvalue weighted by molar-refractivity contribution is 0.0943. The van der Waals surface area contributed by atoms with Gasteiger partial charge in [0, 0.05) is 23.5 Å². The number of ether oxygens (including phenoxy) is 1. The normalized spacial score (nSPS) is 19.3. The van der Waals surface area contributed by atoms with Crippen molar-refractivity contribution in [3.05, 3.63) is 34.1 Å². The second-order valence-corrected chi connectivity index (χ2v) is 4.92. The molecule has 0 aliphatic carbocycles. The molecule has 92 valence electrons. The Morgan fingerprint density at radius 3 is 3.12 bits per heavy atom. The van der Waals surface area contributed by atoms with Gasteiger partial charge in [0.2, 0.25) is 0 Å². The molecule has 1 atom stereocenters. The van der Waals surface area contributed by atoms with Crippen molar-refractivity contribution in [2.24, 2.45) is 5.92 Å². The number of benzene rings is 1. The van der Waals surface area contributed by atoms with Crippen molar-refractivity contribution < 1.29 is 13.9 Å². The Balaban J connectivity index is 1.96. The molecule has 1 amide bonds. The van der Waals surface area contributed by atoms with Gasteiger partial charge in [-0.3, -0.25) is 4.79 Å². The minimum absolute atomic E-state index is 0.261. The molecular weight excluding hydrogens is 289 g/mol. The second-order valence-electron chi connectivity index (χ2n) is 4.06. The van der Waals surface area contributed by atoms with E-state index >= 15 is 0 Å². The SMILES string of the molecule is O=C(NCC1CCOC1)c1cc(F)ccc1Br. The zero-order chi connectivity index (χ0) is 12.3. The zero-order valence-electron chi connectivity index (χ0n) is 9.21. The number of hydrogen-bond donors (Lipinski definition) is 1. The summed E-state index contributed by atoms with van der Waals surface area (Å²) in [6, 6.07) is 4.07. The molecule has 1 saturated heterocycles. The molecule has 0 spiro atoms. The summed E-state index contributed by atoms with van der Waals surface area (Å²) in [4.78, 5) is 11.8. The topological polar surface area (TPSA) is 38.3 Å². The quantitative estimate of drug-likeness (QED) is 0.931.